The molecule has 0 atom stereocenters. The number of carbonyl (C=O) groups is 2. The van der Waals surface area contributed by atoms with E-state index < -0.39 is 5.97 Å². The zero-order chi connectivity index (χ0) is 15.2. The van der Waals surface area contributed by atoms with Gasteiger partial charge in [0.15, 0.2) is 0 Å². The highest BCUT2D eigenvalue weighted by Gasteiger charge is 2.20. The van der Waals surface area contributed by atoms with E-state index in [1.165, 1.54) is 6.20 Å². The second kappa shape index (κ2) is 6.69. The minimum atomic E-state index is -0.866. The minimum absolute atomic E-state index is 0.0288. The molecule has 0 aliphatic heterocycles. The molecule has 2 rings (SSSR count). The zero-order valence-electron chi connectivity index (χ0n) is 11.7. The SMILES string of the molecule is Cc1[nH]ncc1C(=O)N(CCCC(=O)O)c1ccccc1. The Kier molecular flexibility index (Phi) is 4.71. The number of para-hydroxylation sites is 1. The van der Waals surface area contributed by atoms with Gasteiger partial charge in [-0.1, -0.05) is 18.2 Å². The number of amides is 1. The summed E-state index contributed by atoms with van der Waals surface area (Å²) in [6.45, 7) is 2.13. The molecule has 21 heavy (non-hydrogen) atoms. The molecule has 1 heterocycles. The number of anilines is 1. The van der Waals surface area contributed by atoms with E-state index in [0.29, 0.717) is 24.2 Å². The molecule has 0 unspecified atom stereocenters. The highest BCUT2D eigenvalue weighted by atomic mass is 16.4. The maximum atomic E-state index is 12.6. The van der Waals surface area contributed by atoms with Gasteiger partial charge in [0.25, 0.3) is 5.91 Å². The highest BCUT2D eigenvalue weighted by Crippen LogP contribution is 2.18. The quantitative estimate of drug-likeness (QED) is 0.853. The summed E-state index contributed by atoms with van der Waals surface area (Å²) in [6, 6.07) is 9.21. The maximum absolute atomic E-state index is 12.6. The molecule has 2 N–H and O–H groups in total. The number of hydrogen-bond donors (Lipinski definition) is 2. The fourth-order valence-electron chi connectivity index (χ4n) is 2.06. The summed E-state index contributed by atoms with van der Waals surface area (Å²) in [5, 5.41) is 15.3. The van der Waals surface area contributed by atoms with Crippen LogP contribution < -0.4 is 4.90 Å². The van der Waals surface area contributed by atoms with E-state index in [1.54, 1.807) is 11.8 Å². The largest absolute Gasteiger partial charge is 0.481 e. The van der Waals surface area contributed by atoms with Crippen LogP contribution in [0.4, 0.5) is 5.69 Å². The molecule has 0 radical (unpaired) electrons. The molecule has 0 bridgehead atoms. The molecule has 0 spiro atoms. The van der Waals surface area contributed by atoms with Crippen LogP contribution in [0.3, 0.4) is 0 Å². The molecule has 6 heteroatoms. The van der Waals surface area contributed by atoms with Gasteiger partial charge < -0.3 is 10.0 Å². The van der Waals surface area contributed by atoms with Crippen LogP contribution in [-0.2, 0) is 4.79 Å². The number of aryl methyl sites for hydroxylation is 1. The Labute approximate surface area is 122 Å². The number of aromatic nitrogens is 2. The van der Waals surface area contributed by atoms with Crippen LogP contribution in [0.15, 0.2) is 36.5 Å². The first-order valence-corrected chi connectivity index (χ1v) is 6.68. The van der Waals surface area contributed by atoms with Crippen molar-refractivity contribution in [2.75, 3.05) is 11.4 Å². The number of aromatic amines is 1. The van der Waals surface area contributed by atoms with Gasteiger partial charge in [-0.05, 0) is 25.5 Å². The lowest BCUT2D eigenvalue weighted by Crippen LogP contribution is -2.32. The van der Waals surface area contributed by atoms with Crippen molar-refractivity contribution in [2.24, 2.45) is 0 Å². The van der Waals surface area contributed by atoms with Crippen molar-refractivity contribution in [3.8, 4) is 0 Å². The molecule has 0 aliphatic rings. The minimum Gasteiger partial charge on any atom is -0.481 e. The molecule has 2 aromatic rings. The molecule has 0 aliphatic carbocycles. The summed E-state index contributed by atoms with van der Waals surface area (Å²) >= 11 is 0. The fourth-order valence-corrected chi connectivity index (χ4v) is 2.06. The Balaban J connectivity index is 2.21. The average Bonchev–Trinajstić information content (AvgIpc) is 2.90. The van der Waals surface area contributed by atoms with Crippen LogP contribution in [-0.4, -0.2) is 33.7 Å². The van der Waals surface area contributed by atoms with Crippen molar-refractivity contribution in [2.45, 2.75) is 19.8 Å². The lowest BCUT2D eigenvalue weighted by atomic mass is 10.2. The van der Waals surface area contributed by atoms with Gasteiger partial charge in [-0.15, -0.1) is 0 Å². The van der Waals surface area contributed by atoms with Gasteiger partial charge >= 0.3 is 5.97 Å². The normalized spacial score (nSPS) is 10.3. The van der Waals surface area contributed by atoms with E-state index in [2.05, 4.69) is 10.2 Å². The van der Waals surface area contributed by atoms with Crippen LogP contribution in [0.5, 0.6) is 0 Å². The third-order valence-electron chi connectivity index (χ3n) is 3.15. The van der Waals surface area contributed by atoms with Crippen molar-refractivity contribution in [1.29, 1.82) is 0 Å². The first kappa shape index (κ1) is 14.8. The number of benzene rings is 1. The number of aliphatic carboxylic acids is 1. The molecule has 0 saturated heterocycles. The van der Waals surface area contributed by atoms with E-state index in [-0.39, 0.29) is 12.3 Å². The van der Waals surface area contributed by atoms with Crippen molar-refractivity contribution >= 4 is 17.6 Å². The number of nitrogens with zero attached hydrogens (tertiary/aromatic N) is 2. The molecule has 6 nitrogen and oxygen atoms in total. The Morgan fingerprint density at radius 1 is 1.29 bits per heavy atom. The van der Waals surface area contributed by atoms with E-state index in [1.807, 2.05) is 30.3 Å². The van der Waals surface area contributed by atoms with Crippen molar-refractivity contribution < 1.29 is 14.7 Å². The lowest BCUT2D eigenvalue weighted by molar-refractivity contribution is -0.137. The topological polar surface area (TPSA) is 86.3 Å². The number of hydrogen-bond acceptors (Lipinski definition) is 3. The van der Waals surface area contributed by atoms with Gasteiger partial charge in [-0.2, -0.15) is 5.10 Å². The first-order valence-electron chi connectivity index (χ1n) is 6.68. The van der Waals surface area contributed by atoms with Gasteiger partial charge in [0, 0.05) is 24.3 Å². The van der Waals surface area contributed by atoms with Gasteiger partial charge in [-0.25, -0.2) is 0 Å². The number of carbonyl (C=O) groups excluding carboxylic acids is 1. The Bertz CT molecular complexity index is 622. The third-order valence-corrected chi connectivity index (χ3v) is 3.15. The Hall–Kier alpha value is -2.63. The second-order valence-corrected chi connectivity index (χ2v) is 4.70. The van der Waals surface area contributed by atoms with Crippen LogP contribution in [0.1, 0.15) is 28.9 Å². The number of H-pyrrole nitrogens is 1. The summed E-state index contributed by atoms with van der Waals surface area (Å²) in [5.74, 6) is -1.05. The first-order chi connectivity index (χ1) is 10.1. The van der Waals surface area contributed by atoms with Gasteiger partial charge in [0.1, 0.15) is 0 Å². The number of rotatable bonds is 6. The smallest absolute Gasteiger partial charge is 0.303 e. The molecule has 1 aromatic heterocycles. The van der Waals surface area contributed by atoms with Gasteiger partial charge in [0.2, 0.25) is 0 Å². The molecular weight excluding hydrogens is 270 g/mol. The lowest BCUT2D eigenvalue weighted by Gasteiger charge is -2.22. The number of carboxylic acid groups (broad SMARTS) is 1. The monoisotopic (exact) mass is 287 g/mol. The highest BCUT2D eigenvalue weighted by molar-refractivity contribution is 6.06. The van der Waals surface area contributed by atoms with E-state index >= 15 is 0 Å². The number of carboxylic acids is 1. The van der Waals surface area contributed by atoms with Crippen LogP contribution in [0.2, 0.25) is 0 Å². The zero-order valence-corrected chi connectivity index (χ0v) is 11.7. The van der Waals surface area contributed by atoms with E-state index in [4.69, 9.17) is 5.11 Å². The van der Waals surface area contributed by atoms with Crippen molar-refractivity contribution in [3.05, 3.63) is 47.8 Å². The summed E-state index contributed by atoms with van der Waals surface area (Å²) in [5.41, 5.74) is 1.93. The van der Waals surface area contributed by atoms with E-state index in [0.717, 1.165) is 5.69 Å². The Morgan fingerprint density at radius 2 is 2.00 bits per heavy atom. The Morgan fingerprint density at radius 3 is 2.57 bits per heavy atom. The maximum Gasteiger partial charge on any atom is 0.303 e. The molecule has 0 fully saturated rings. The standard InChI is InChI=1S/C15H17N3O3/c1-11-13(10-16-17-11)15(21)18(9-5-8-14(19)20)12-6-3-2-4-7-12/h2-4,6-7,10H,5,8-9H2,1H3,(H,16,17)(H,19,20). The summed E-state index contributed by atoms with van der Waals surface area (Å²) in [4.78, 5) is 24.9. The fraction of sp³-hybridized carbons (Fsp3) is 0.267. The third kappa shape index (κ3) is 3.68. The van der Waals surface area contributed by atoms with Crippen LogP contribution in [0.25, 0.3) is 0 Å². The van der Waals surface area contributed by atoms with Crippen molar-refractivity contribution in [3.63, 3.8) is 0 Å². The predicted molar refractivity (Wildman–Crippen MR) is 78.3 cm³/mol. The van der Waals surface area contributed by atoms with Crippen LogP contribution >= 0.6 is 0 Å². The molecule has 110 valence electrons. The summed E-state index contributed by atoms with van der Waals surface area (Å²) in [6.07, 6.45) is 1.92. The van der Waals surface area contributed by atoms with Crippen molar-refractivity contribution in [1.82, 2.24) is 10.2 Å². The average molecular weight is 287 g/mol. The summed E-state index contributed by atoms with van der Waals surface area (Å²) in [7, 11) is 0. The van der Waals surface area contributed by atoms with Gasteiger partial charge in [-0.3, -0.25) is 14.7 Å². The number of nitrogens with one attached hydrogen (secondary N) is 1. The second-order valence-electron chi connectivity index (χ2n) is 4.70. The predicted octanol–water partition coefficient (Wildman–Crippen LogP) is 2.23. The molecule has 0 saturated carbocycles. The molecular formula is C15H17N3O3. The molecule has 1 amide bonds. The van der Waals surface area contributed by atoms with Crippen LogP contribution in [0, 0.1) is 6.92 Å². The van der Waals surface area contributed by atoms with Gasteiger partial charge in [0.05, 0.1) is 11.8 Å². The van der Waals surface area contributed by atoms with E-state index in [9.17, 15) is 9.59 Å². The molecule has 1 aromatic carbocycles. The summed E-state index contributed by atoms with van der Waals surface area (Å²) < 4.78 is 0.